The lowest BCUT2D eigenvalue weighted by molar-refractivity contribution is -0.274. The Hall–Kier alpha value is -3.49. The summed E-state index contributed by atoms with van der Waals surface area (Å²) in [5.74, 6) is 0.998. The van der Waals surface area contributed by atoms with Crippen molar-refractivity contribution in [2.24, 2.45) is 0 Å². The smallest absolute Gasteiger partial charge is 0.493 e. The van der Waals surface area contributed by atoms with E-state index in [2.05, 4.69) is 14.7 Å². The van der Waals surface area contributed by atoms with E-state index in [1.54, 1.807) is 12.1 Å². The van der Waals surface area contributed by atoms with Crippen LogP contribution in [-0.2, 0) is 6.61 Å². The molecular weight excluding hydrogens is 389 g/mol. The molecule has 0 unspecified atom stereocenters. The number of hydrogen-bond donors (Lipinski definition) is 0. The van der Waals surface area contributed by atoms with Crippen LogP contribution in [0.5, 0.6) is 23.1 Å². The molecule has 2 aromatic carbocycles. The van der Waals surface area contributed by atoms with Gasteiger partial charge in [-0.25, -0.2) is 9.97 Å². The number of aromatic nitrogens is 2. The number of benzene rings is 2. The third-order valence-electron chi connectivity index (χ3n) is 3.87. The molecule has 6 nitrogen and oxygen atoms in total. The van der Waals surface area contributed by atoms with Crippen molar-refractivity contribution >= 4 is 0 Å². The normalized spacial score (nSPS) is 11.1. The largest absolute Gasteiger partial charge is 0.573 e. The van der Waals surface area contributed by atoms with Crippen molar-refractivity contribution in [2.45, 2.75) is 13.0 Å². The molecular formula is C20H17F3N2O4. The Bertz CT molecular complexity index is 963. The van der Waals surface area contributed by atoms with Crippen LogP contribution < -0.4 is 18.9 Å². The monoisotopic (exact) mass is 406 g/mol. The molecule has 1 heterocycles. The molecule has 0 N–H and O–H groups in total. The Labute approximate surface area is 164 Å². The molecule has 0 saturated carbocycles. The standard InChI is InChI=1S/C20H17F3N2O4/c1-26-16-5-3-4-14(18(16)27-2)12-28-19-17(24-10-11-25-19)13-6-8-15(9-7-13)29-20(21,22)23/h3-11H,12H2,1-2H3. The zero-order valence-corrected chi connectivity index (χ0v) is 15.6. The van der Waals surface area contributed by atoms with Crippen LogP contribution in [0.2, 0.25) is 0 Å². The Morgan fingerprint density at radius 1 is 0.897 bits per heavy atom. The van der Waals surface area contributed by atoms with E-state index in [1.807, 2.05) is 6.07 Å². The lowest BCUT2D eigenvalue weighted by Crippen LogP contribution is -2.16. The maximum absolute atomic E-state index is 12.3. The Kier molecular flexibility index (Phi) is 6.06. The highest BCUT2D eigenvalue weighted by atomic mass is 19.4. The molecule has 0 radical (unpaired) electrons. The van der Waals surface area contributed by atoms with Crippen LogP contribution >= 0.6 is 0 Å². The summed E-state index contributed by atoms with van der Waals surface area (Å²) >= 11 is 0. The van der Waals surface area contributed by atoms with Gasteiger partial charge in [0.1, 0.15) is 18.1 Å². The second-order valence-electron chi connectivity index (χ2n) is 5.72. The quantitative estimate of drug-likeness (QED) is 0.570. The fraction of sp³-hybridized carbons (Fsp3) is 0.200. The summed E-state index contributed by atoms with van der Waals surface area (Å²) in [6.45, 7) is 0.126. The minimum absolute atomic E-state index is 0.126. The van der Waals surface area contributed by atoms with Gasteiger partial charge in [-0.15, -0.1) is 13.2 Å². The number of hydrogen-bond acceptors (Lipinski definition) is 6. The predicted molar refractivity (Wildman–Crippen MR) is 98.0 cm³/mol. The third kappa shape index (κ3) is 5.07. The second-order valence-corrected chi connectivity index (χ2v) is 5.72. The first kappa shape index (κ1) is 20.2. The molecule has 152 valence electrons. The average molecular weight is 406 g/mol. The van der Waals surface area contributed by atoms with Crippen molar-refractivity contribution in [1.29, 1.82) is 0 Å². The van der Waals surface area contributed by atoms with Gasteiger partial charge in [0.2, 0.25) is 5.88 Å². The number of para-hydroxylation sites is 1. The van der Waals surface area contributed by atoms with E-state index in [1.165, 1.54) is 50.9 Å². The van der Waals surface area contributed by atoms with Crippen molar-refractivity contribution in [3.63, 3.8) is 0 Å². The van der Waals surface area contributed by atoms with Gasteiger partial charge in [-0.2, -0.15) is 0 Å². The van der Waals surface area contributed by atoms with E-state index in [4.69, 9.17) is 14.2 Å². The highest BCUT2D eigenvalue weighted by Crippen LogP contribution is 2.33. The van der Waals surface area contributed by atoms with Crippen molar-refractivity contribution in [3.8, 4) is 34.4 Å². The molecule has 0 amide bonds. The average Bonchev–Trinajstić information content (AvgIpc) is 2.71. The van der Waals surface area contributed by atoms with Crippen LogP contribution in [0, 0.1) is 0 Å². The molecule has 1 aromatic heterocycles. The van der Waals surface area contributed by atoms with E-state index in [0.29, 0.717) is 22.8 Å². The van der Waals surface area contributed by atoms with E-state index in [-0.39, 0.29) is 18.2 Å². The number of methoxy groups -OCH3 is 2. The molecule has 0 atom stereocenters. The molecule has 29 heavy (non-hydrogen) atoms. The maximum Gasteiger partial charge on any atom is 0.573 e. The highest BCUT2D eigenvalue weighted by Gasteiger charge is 2.31. The van der Waals surface area contributed by atoms with Crippen molar-refractivity contribution in [1.82, 2.24) is 9.97 Å². The Balaban J connectivity index is 1.82. The van der Waals surface area contributed by atoms with E-state index < -0.39 is 6.36 Å². The summed E-state index contributed by atoms with van der Waals surface area (Å²) in [4.78, 5) is 8.42. The van der Waals surface area contributed by atoms with Gasteiger partial charge < -0.3 is 18.9 Å². The van der Waals surface area contributed by atoms with Crippen molar-refractivity contribution < 1.29 is 32.1 Å². The van der Waals surface area contributed by atoms with Crippen LogP contribution in [-0.4, -0.2) is 30.5 Å². The fourth-order valence-corrected chi connectivity index (χ4v) is 2.66. The first-order chi connectivity index (χ1) is 13.9. The highest BCUT2D eigenvalue weighted by molar-refractivity contribution is 5.64. The maximum atomic E-state index is 12.3. The molecule has 3 aromatic rings. The summed E-state index contributed by atoms with van der Waals surface area (Å²) < 4.78 is 57.3. The van der Waals surface area contributed by atoms with E-state index in [0.717, 1.165) is 5.56 Å². The summed E-state index contributed by atoms with van der Waals surface area (Å²) in [5, 5.41) is 0. The lowest BCUT2D eigenvalue weighted by atomic mass is 10.1. The molecule has 0 saturated heterocycles. The van der Waals surface area contributed by atoms with E-state index in [9.17, 15) is 13.2 Å². The van der Waals surface area contributed by atoms with Gasteiger partial charge in [-0.3, -0.25) is 0 Å². The minimum Gasteiger partial charge on any atom is -0.493 e. The zero-order valence-electron chi connectivity index (χ0n) is 15.6. The number of nitrogens with zero attached hydrogens (tertiary/aromatic N) is 2. The van der Waals surface area contributed by atoms with Crippen molar-refractivity contribution in [3.05, 3.63) is 60.4 Å². The van der Waals surface area contributed by atoms with Crippen LogP contribution in [0.1, 0.15) is 5.56 Å². The summed E-state index contributed by atoms with van der Waals surface area (Å²) in [6.07, 6.45) is -1.82. The van der Waals surface area contributed by atoms with Gasteiger partial charge in [0.05, 0.1) is 14.2 Å². The van der Waals surface area contributed by atoms with E-state index >= 15 is 0 Å². The fourth-order valence-electron chi connectivity index (χ4n) is 2.66. The van der Waals surface area contributed by atoms with Crippen LogP contribution in [0.3, 0.4) is 0 Å². The number of ether oxygens (including phenoxy) is 4. The molecule has 0 fully saturated rings. The zero-order chi connectivity index (χ0) is 20.9. The van der Waals surface area contributed by atoms with Gasteiger partial charge in [0.25, 0.3) is 0 Å². The van der Waals surface area contributed by atoms with Gasteiger partial charge >= 0.3 is 6.36 Å². The van der Waals surface area contributed by atoms with Crippen LogP contribution in [0.4, 0.5) is 13.2 Å². The van der Waals surface area contributed by atoms with Gasteiger partial charge in [0.15, 0.2) is 11.5 Å². The molecule has 9 heteroatoms. The topological polar surface area (TPSA) is 62.7 Å². The third-order valence-corrected chi connectivity index (χ3v) is 3.87. The van der Waals surface area contributed by atoms with Gasteiger partial charge in [0, 0.05) is 23.5 Å². The lowest BCUT2D eigenvalue weighted by Gasteiger charge is -2.14. The van der Waals surface area contributed by atoms with Gasteiger partial charge in [-0.1, -0.05) is 12.1 Å². The van der Waals surface area contributed by atoms with Crippen LogP contribution in [0.25, 0.3) is 11.3 Å². The minimum atomic E-state index is -4.75. The van der Waals surface area contributed by atoms with Crippen LogP contribution in [0.15, 0.2) is 54.9 Å². The first-order valence-electron chi connectivity index (χ1n) is 8.41. The summed E-state index contributed by atoms with van der Waals surface area (Å²) in [5.41, 5.74) is 1.64. The van der Waals surface area contributed by atoms with Crippen molar-refractivity contribution in [2.75, 3.05) is 14.2 Å². The number of halogens is 3. The summed E-state index contributed by atoms with van der Waals surface area (Å²) in [7, 11) is 3.06. The Morgan fingerprint density at radius 2 is 1.62 bits per heavy atom. The molecule has 0 aliphatic rings. The van der Waals surface area contributed by atoms with Gasteiger partial charge in [-0.05, 0) is 30.3 Å². The first-order valence-corrected chi connectivity index (χ1v) is 8.41. The molecule has 0 aliphatic heterocycles. The number of rotatable bonds is 7. The number of alkyl halides is 3. The Morgan fingerprint density at radius 3 is 2.28 bits per heavy atom. The molecule has 0 aliphatic carbocycles. The molecule has 0 bridgehead atoms. The summed E-state index contributed by atoms with van der Waals surface area (Å²) in [6, 6.07) is 10.7. The SMILES string of the molecule is COc1cccc(COc2nccnc2-c2ccc(OC(F)(F)F)cc2)c1OC. The predicted octanol–water partition coefficient (Wildman–Crippen LogP) is 4.64. The molecule has 3 rings (SSSR count). The molecule has 0 spiro atoms. The second kappa shape index (κ2) is 8.68.